The lowest BCUT2D eigenvalue weighted by Gasteiger charge is -2.22. The molecule has 2 aromatic rings. The van der Waals surface area contributed by atoms with Crippen LogP contribution in [-0.4, -0.2) is 24.8 Å². The largest absolute Gasteiger partial charge is 0.493 e. The van der Waals surface area contributed by atoms with Gasteiger partial charge in [-0.1, -0.05) is 29.8 Å². The number of amides is 1. The van der Waals surface area contributed by atoms with E-state index in [1.807, 2.05) is 53.9 Å². The molecule has 24 heavy (non-hydrogen) atoms. The predicted octanol–water partition coefficient (Wildman–Crippen LogP) is 4.60. The van der Waals surface area contributed by atoms with E-state index in [-0.39, 0.29) is 5.91 Å². The van der Waals surface area contributed by atoms with Crippen LogP contribution < -0.4 is 9.64 Å². The lowest BCUT2D eigenvalue weighted by atomic mass is 10.1. The van der Waals surface area contributed by atoms with Crippen LogP contribution in [0.5, 0.6) is 5.75 Å². The van der Waals surface area contributed by atoms with Crippen LogP contribution in [0, 0.1) is 13.8 Å². The van der Waals surface area contributed by atoms with Crippen molar-refractivity contribution in [3.05, 3.63) is 53.6 Å². The highest BCUT2D eigenvalue weighted by Crippen LogP contribution is 2.33. The van der Waals surface area contributed by atoms with E-state index in [4.69, 9.17) is 4.74 Å². The van der Waals surface area contributed by atoms with Crippen molar-refractivity contribution >= 4 is 23.4 Å². The normalized spacial score (nSPS) is 14.0. The number of hydrogen-bond acceptors (Lipinski definition) is 3. The summed E-state index contributed by atoms with van der Waals surface area (Å²) < 4.78 is 5.82. The predicted molar refractivity (Wildman–Crippen MR) is 100 cm³/mol. The molecule has 1 amide bonds. The van der Waals surface area contributed by atoms with E-state index < -0.39 is 0 Å². The van der Waals surface area contributed by atoms with E-state index in [0.717, 1.165) is 35.7 Å². The SMILES string of the molecule is Cc1ccc(OCCC(=O)N2CCCSc3ccccc32)c(C)c1. The van der Waals surface area contributed by atoms with Crippen LogP contribution in [0.1, 0.15) is 24.0 Å². The number of hydrogen-bond donors (Lipinski definition) is 0. The number of carbonyl (C=O) groups excluding carboxylic acids is 1. The van der Waals surface area contributed by atoms with E-state index in [1.165, 1.54) is 10.5 Å². The maximum Gasteiger partial charge on any atom is 0.230 e. The molecule has 1 aliphatic rings. The van der Waals surface area contributed by atoms with Crippen molar-refractivity contribution in [3.8, 4) is 5.75 Å². The number of fused-ring (bicyclic) bond motifs is 1. The van der Waals surface area contributed by atoms with Crippen molar-refractivity contribution < 1.29 is 9.53 Å². The van der Waals surface area contributed by atoms with Gasteiger partial charge in [0.1, 0.15) is 5.75 Å². The summed E-state index contributed by atoms with van der Waals surface area (Å²) in [6, 6.07) is 14.3. The first-order valence-corrected chi connectivity index (χ1v) is 9.36. The second-order valence-corrected chi connectivity index (χ2v) is 7.22. The fourth-order valence-electron chi connectivity index (χ4n) is 2.93. The van der Waals surface area contributed by atoms with Gasteiger partial charge >= 0.3 is 0 Å². The molecule has 3 nitrogen and oxygen atoms in total. The minimum Gasteiger partial charge on any atom is -0.493 e. The third-order valence-electron chi connectivity index (χ3n) is 4.14. The second kappa shape index (κ2) is 7.75. The number of rotatable bonds is 4. The summed E-state index contributed by atoms with van der Waals surface area (Å²) in [5.41, 5.74) is 3.37. The zero-order valence-corrected chi connectivity index (χ0v) is 15.1. The molecule has 0 fully saturated rings. The molecule has 1 aliphatic heterocycles. The maximum absolute atomic E-state index is 12.7. The molecule has 0 unspecified atom stereocenters. The van der Waals surface area contributed by atoms with Crippen molar-refractivity contribution in [1.82, 2.24) is 0 Å². The van der Waals surface area contributed by atoms with Gasteiger partial charge in [-0.25, -0.2) is 0 Å². The molecular weight excluding hydrogens is 318 g/mol. The third kappa shape index (κ3) is 3.93. The zero-order valence-electron chi connectivity index (χ0n) is 14.2. The van der Waals surface area contributed by atoms with Crippen molar-refractivity contribution in [1.29, 1.82) is 0 Å². The number of carbonyl (C=O) groups is 1. The van der Waals surface area contributed by atoms with Crippen LogP contribution in [0.2, 0.25) is 0 Å². The third-order valence-corrected chi connectivity index (χ3v) is 5.29. The van der Waals surface area contributed by atoms with Crippen LogP contribution in [0.15, 0.2) is 47.4 Å². The number of thioether (sulfide) groups is 1. The Morgan fingerprint density at radius 3 is 2.88 bits per heavy atom. The fraction of sp³-hybridized carbons (Fsp3) is 0.350. The molecule has 0 saturated heterocycles. The molecule has 0 spiro atoms. The van der Waals surface area contributed by atoms with Gasteiger partial charge < -0.3 is 9.64 Å². The van der Waals surface area contributed by atoms with Crippen molar-refractivity contribution in [2.75, 3.05) is 23.8 Å². The second-order valence-electron chi connectivity index (χ2n) is 6.08. The average molecular weight is 341 g/mol. The number of anilines is 1. The minimum atomic E-state index is 0.134. The number of nitrogens with zero attached hydrogens (tertiary/aromatic N) is 1. The smallest absolute Gasteiger partial charge is 0.230 e. The topological polar surface area (TPSA) is 29.5 Å². The fourth-order valence-corrected chi connectivity index (χ4v) is 3.93. The van der Waals surface area contributed by atoms with Gasteiger partial charge in [0.15, 0.2) is 0 Å². The Morgan fingerprint density at radius 2 is 2.04 bits per heavy atom. The van der Waals surface area contributed by atoms with Gasteiger partial charge in [0, 0.05) is 11.4 Å². The van der Waals surface area contributed by atoms with Crippen molar-refractivity contribution in [2.45, 2.75) is 31.6 Å². The van der Waals surface area contributed by atoms with Gasteiger partial charge in [-0.3, -0.25) is 4.79 Å². The van der Waals surface area contributed by atoms with Crippen molar-refractivity contribution in [3.63, 3.8) is 0 Å². The monoisotopic (exact) mass is 341 g/mol. The summed E-state index contributed by atoms with van der Waals surface area (Å²) in [5, 5.41) is 0. The number of aryl methyl sites for hydroxylation is 2. The van der Waals surface area contributed by atoms with Crippen LogP contribution in [-0.2, 0) is 4.79 Å². The molecule has 0 radical (unpaired) electrons. The Bertz CT molecular complexity index is 729. The molecular formula is C20H23NO2S. The molecule has 4 heteroatoms. The first-order chi connectivity index (χ1) is 11.6. The summed E-state index contributed by atoms with van der Waals surface area (Å²) in [5.74, 6) is 2.05. The van der Waals surface area contributed by atoms with E-state index in [2.05, 4.69) is 19.1 Å². The molecule has 0 bridgehead atoms. The van der Waals surface area contributed by atoms with Gasteiger partial charge in [0.25, 0.3) is 0 Å². The maximum atomic E-state index is 12.7. The Hall–Kier alpha value is -1.94. The highest BCUT2D eigenvalue weighted by Gasteiger charge is 2.21. The highest BCUT2D eigenvalue weighted by molar-refractivity contribution is 7.99. The Labute approximate surface area is 148 Å². The molecule has 0 atom stereocenters. The molecule has 0 aliphatic carbocycles. The van der Waals surface area contributed by atoms with Crippen molar-refractivity contribution in [2.24, 2.45) is 0 Å². The zero-order chi connectivity index (χ0) is 16.9. The first-order valence-electron chi connectivity index (χ1n) is 8.37. The Morgan fingerprint density at radius 1 is 1.21 bits per heavy atom. The quantitative estimate of drug-likeness (QED) is 0.814. The highest BCUT2D eigenvalue weighted by atomic mass is 32.2. The summed E-state index contributed by atoms with van der Waals surface area (Å²) in [6.07, 6.45) is 1.41. The molecule has 2 aromatic carbocycles. The van der Waals surface area contributed by atoms with E-state index in [1.54, 1.807) is 0 Å². The molecule has 0 aromatic heterocycles. The molecule has 0 saturated carbocycles. The van der Waals surface area contributed by atoms with Gasteiger partial charge in [-0.05, 0) is 49.8 Å². The Balaban J connectivity index is 1.63. The molecule has 126 valence electrons. The number of benzene rings is 2. The number of para-hydroxylation sites is 1. The summed E-state index contributed by atoms with van der Waals surface area (Å²) in [4.78, 5) is 15.8. The van der Waals surface area contributed by atoms with Gasteiger partial charge in [0.05, 0.1) is 18.7 Å². The summed E-state index contributed by atoms with van der Waals surface area (Å²) >= 11 is 1.83. The van der Waals surface area contributed by atoms with Crippen LogP contribution in [0.3, 0.4) is 0 Å². The van der Waals surface area contributed by atoms with Crippen LogP contribution >= 0.6 is 11.8 Å². The van der Waals surface area contributed by atoms with E-state index in [0.29, 0.717) is 13.0 Å². The van der Waals surface area contributed by atoms with Gasteiger partial charge in [0.2, 0.25) is 5.91 Å². The lowest BCUT2D eigenvalue weighted by Crippen LogP contribution is -2.32. The lowest BCUT2D eigenvalue weighted by molar-refractivity contribution is -0.119. The van der Waals surface area contributed by atoms with Gasteiger partial charge in [-0.2, -0.15) is 0 Å². The van der Waals surface area contributed by atoms with E-state index in [9.17, 15) is 4.79 Å². The van der Waals surface area contributed by atoms with E-state index >= 15 is 0 Å². The first kappa shape index (κ1) is 16.9. The summed E-state index contributed by atoms with van der Waals surface area (Å²) in [7, 11) is 0. The Kier molecular flexibility index (Phi) is 5.46. The molecule has 3 rings (SSSR count). The molecule has 1 heterocycles. The van der Waals surface area contributed by atoms with Crippen LogP contribution in [0.4, 0.5) is 5.69 Å². The minimum absolute atomic E-state index is 0.134. The number of ether oxygens (including phenoxy) is 1. The van der Waals surface area contributed by atoms with Gasteiger partial charge in [-0.15, -0.1) is 11.8 Å². The average Bonchev–Trinajstić information content (AvgIpc) is 2.79. The molecule has 0 N–H and O–H groups in total. The summed E-state index contributed by atoms with van der Waals surface area (Å²) in [6.45, 7) is 5.29. The van der Waals surface area contributed by atoms with Crippen LogP contribution in [0.25, 0.3) is 0 Å². The standard InChI is InChI=1S/C20H23NO2S/c1-15-8-9-18(16(2)14-15)23-12-10-20(22)21-11-5-13-24-19-7-4-3-6-17(19)21/h3-4,6-9,14H,5,10-13H2,1-2H3.